The monoisotopic (exact) mass is 250 g/mol. The molecule has 16 heavy (non-hydrogen) atoms. The summed E-state index contributed by atoms with van der Waals surface area (Å²) in [5.74, 6) is -0.779. The average Bonchev–Trinajstić information content (AvgIpc) is 2.08. The fraction of sp³-hybridized carbons (Fsp3) is 0.889. The Morgan fingerprint density at radius 1 is 1.44 bits per heavy atom. The third-order valence-corrected chi connectivity index (χ3v) is 4.14. The average molecular weight is 250 g/mol. The molecule has 0 saturated carbocycles. The molecule has 0 aliphatic carbocycles. The number of rotatable bonds is 6. The van der Waals surface area contributed by atoms with Gasteiger partial charge < -0.3 is 10.8 Å². The molecule has 1 aliphatic rings. The van der Waals surface area contributed by atoms with E-state index in [0.29, 0.717) is 19.6 Å². The minimum Gasteiger partial charge on any atom is -0.388 e. The molecule has 1 amide bonds. The molecule has 0 aromatic rings. The second-order valence-corrected chi connectivity index (χ2v) is 6.88. The predicted octanol–water partition coefficient (Wildman–Crippen LogP) is -1.66. The first-order valence-electron chi connectivity index (χ1n) is 5.14. The number of amides is 1. The van der Waals surface area contributed by atoms with Gasteiger partial charge in [-0.1, -0.05) is 0 Å². The van der Waals surface area contributed by atoms with Gasteiger partial charge >= 0.3 is 0 Å². The highest BCUT2D eigenvalue weighted by Gasteiger charge is 2.36. The first kappa shape index (κ1) is 13.4. The van der Waals surface area contributed by atoms with Gasteiger partial charge in [0.1, 0.15) is 0 Å². The lowest BCUT2D eigenvalue weighted by Crippen LogP contribution is -2.60. The molecule has 1 fully saturated rings. The van der Waals surface area contributed by atoms with Gasteiger partial charge in [-0.2, -0.15) is 0 Å². The summed E-state index contributed by atoms with van der Waals surface area (Å²) in [5, 5.41) is 9.44. The number of carbonyl (C=O) groups excluding carboxylic acids is 1. The van der Waals surface area contributed by atoms with Crippen molar-refractivity contribution >= 4 is 15.7 Å². The first-order valence-corrected chi connectivity index (χ1v) is 6.96. The van der Waals surface area contributed by atoms with Gasteiger partial charge in [-0.25, -0.2) is 8.42 Å². The molecule has 1 aliphatic heterocycles. The normalized spacial score (nSPS) is 20.4. The molecule has 0 radical (unpaired) electrons. The number of carbonyl (C=O) groups is 1. The van der Waals surface area contributed by atoms with Crippen molar-refractivity contribution in [3.05, 3.63) is 0 Å². The molecular formula is C9H18N2O4S. The van der Waals surface area contributed by atoms with Crippen LogP contribution in [-0.4, -0.2) is 61.1 Å². The highest BCUT2D eigenvalue weighted by atomic mass is 32.2. The van der Waals surface area contributed by atoms with Crippen LogP contribution < -0.4 is 5.73 Å². The SMILES string of the molecule is CC1(O)CN(CCS(=O)(=O)CCC(N)=O)C1. The van der Waals surface area contributed by atoms with Gasteiger partial charge in [-0.05, 0) is 6.92 Å². The van der Waals surface area contributed by atoms with Crippen molar-refractivity contribution in [2.24, 2.45) is 5.73 Å². The van der Waals surface area contributed by atoms with Gasteiger partial charge in [0.2, 0.25) is 5.91 Å². The molecule has 1 rings (SSSR count). The number of likely N-dealkylation sites (tertiary alicyclic amines) is 1. The van der Waals surface area contributed by atoms with Crippen molar-refractivity contribution in [1.82, 2.24) is 4.90 Å². The zero-order valence-corrected chi connectivity index (χ0v) is 10.2. The fourth-order valence-corrected chi connectivity index (χ4v) is 2.95. The minimum absolute atomic E-state index is 0.0103. The van der Waals surface area contributed by atoms with Crippen LogP contribution in [0.2, 0.25) is 0 Å². The molecule has 0 bridgehead atoms. The van der Waals surface area contributed by atoms with Crippen molar-refractivity contribution in [3.63, 3.8) is 0 Å². The maximum absolute atomic E-state index is 11.4. The van der Waals surface area contributed by atoms with Crippen LogP contribution in [0.1, 0.15) is 13.3 Å². The Balaban J connectivity index is 2.24. The van der Waals surface area contributed by atoms with Crippen LogP contribution in [0.4, 0.5) is 0 Å². The van der Waals surface area contributed by atoms with Crippen LogP contribution in [0, 0.1) is 0 Å². The Hall–Kier alpha value is -0.660. The summed E-state index contributed by atoms with van der Waals surface area (Å²) in [5.41, 5.74) is 4.20. The number of β-amino-alcohol motifs (C(OH)–C–C–N with tert-alkyl or cyclic N) is 1. The summed E-state index contributed by atoms with van der Waals surface area (Å²) < 4.78 is 22.9. The van der Waals surface area contributed by atoms with Crippen molar-refractivity contribution in [2.45, 2.75) is 18.9 Å². The number of sulfone groups is 1. The highest BCUT2D eigenvalue weighted by Crippen LogP contribution is 2.19. The van der Waals surface area contributed by atoms with Crippen LogP contribution in [0.5, 0.6) is 0 Å². The van der Waals surface area contributed by atoms with E-state index in [1.807, 2.05) is 4.90 Å². The lowest BCUT2D eigenvalue weighted by atomic mass is 9.97. The Kier molecular flexibility index (Phi) is 3.92. The molecule has 1 heterocycles. The van der Waals surface area contributed by atoms with Crippen LogP contribution >= 0.6 is 0 Å². The largest absolute Gasteiger partial charge is 0.388 e. The van der Waals surface area contributed by atoms with E-state index in [4.69, 9.17) is 5.73 Å². The van der Waals surface area contributed by atoms with E-state index in [0.717, 1.165) is 0 Å². The number of hydrogen-bond donors (Lipinski definition) is 2. The molecule has 94 valence electrons. The Bertz CT molecular complexity index is 356. The molecular weight excluding hydrogens is 232 g/mol. The number of nitrogens with zero attached hydrogens (tertiary/aromatic N) is 1. The van der Waals surface area contributed by atoms with E-state index < -0.39 is 21.3 Å². The summed E-state index contributed by atoms with van der Waals surface area (Å²) in [6, 6.07) is 0. The minimum atomic E-state index is -3.21. The summed E-state index contributed by atoms with van der Waals surface area (Å²) >= 11 is 0. The standard InChI is InChI=1S/C9H18N2O4S/c1-9(13)6-11(7-9)3-5-16(14,15)4-2-8(10)12/h13H,2-7H2,1H3,(H2,10,12). The summed E-state index contributed by atoms with van der Waals surface area (Å²) in [7, 11) is -3.21. The van der Waals surface area contributed by atoms with Gasteiger partial charge in [0, 0.05) is 26.1 Å². The van der Waals surface area contributed by atoms with Gasteiger partial charge in [0.15, 0.2) is 9.84 Å². The highest BCUT2D eigenvalue weighted by molar-refractivity contribution is 7.91. The third-order valence-electron chi connectivity index (χ3n) is 2.51. The zero-order valence-electron chi connectivity index (χ0n) is 9.35. The van der Waals surface area contributed by atoms with E-state index >= 15 is 0 Å². The Morgan fingerprint density at radius 2 is 2.00 bits per heavy atom. The van der Waals surface area contributed by atoms with E-state index in [2.05, 4.69) is 0 Å². The summed E-state index contributed by atoms with van der Waals surface area (Å²) in [4.78, 5) is 12.3. The maximum Gasteiger partial charge on any atom is 0.218 e. The van der Waals surface area contributed by atoms with Gasteiger partial charge in [0.05, 0.1) is 17.1 Å². The molecule has 0 aromatic heterocycles. The summed E-state index contributed by atoms with van der Waals surface area (Å²) in [6.07, 6.45) is -0.125. The smallest absolute Gasteiger partial charge is 0.218 e. The second kappa shape index (κ2) is 4.68. The molecule has 1 saturated heterocycles. The van der Waals surface area contributed by atoms with Crippen molar-refractivity contribution < 1.29 is 18.3 Å². The number of nitrogens with two attached hydrogens (primary N) is 1. The number of hydrogen-bond acceptors (Lipinski definition) is 5. The fourth-order valence-electron chi connectivity index (χ4n) is 1.70. The first-order chi connectivity index (χ1) is 7.20. The maximum atomic E-state index is 11.4. The van der Waals surface area contributed by atoms with E-state index in [1.54, 1.807) is 6.92 Å². The molecule has 0 spiro atoms. The zero-order chi connectivity index (χ0) is 12.4. The van der Waals surface area contributed by atoms with Crippen molar-refractivity contribution in [3.8, 4) is 0 Å². The van der Waals surface area contributed by atoms with E-state index in [-0.39, 0.29) is 17.9 Å². The molecule has 3 N–H and O–H groups in total. The van der Waals surface area contributed by atoms with E-state index in [9.17, 15) is 18.3 Å². The van der Waals surface area contributed by atoms with Crippen LogP contribution in [0.15, 0.2) is 0 Å². The summed E-state index contributed by atoms with van der Waals surface area (Å²) in [6.45, 7) is 3.11. The van der Waals surface area contributed by atoms with Crippen molar-refractivity contribution in [1.29, 1.82) is 0 Å². The third kappa shape index (κ3) is 4.46. The van der Waals surface area contributed by atoms with Crippen LogP contribution in [0.25, 0.3) is 0 Å². The number of aliphatic hydroxyl groups is 1. The Labute approximate surface area is 95.3 Å². The van der Waals surface area contributed by atoms with Crippen LogP contribution in [0.3, 0.4) is 0 Å². The molecule has 6 nitrogen and oxygen atoms in total. The topological polar surface area (TPSA) is 101 Å². The van der Waals surface area contributed by atoms with Gasteiger partial charge in [-0.15, -0.1) is 0 Å². The predicted molar refractivity (Wildman–Crippen MR) is 59.5 cm³/mol. The van der Waals surface area contributed by atoms with Crippen LogP contribution in [-0.2, 0) is 14.6 Å². The van der Waals surface area contributed by atoms with Gasteiger partial charge in [-0.3, -0.25) is 9.69 Å². The van der Waals surface area contributed by atoms with Gasteiger partial charge in [0.25, 0.3) is 0 Å². The molecule has 7 heteroatoms. The number of primary amides is 1. The molecule has 0 unspecified atom stereocenters. The second-order valence-electron chi connectivity index (χ2n) is 4.58. The molecule has 0 aromatic carbocycles. The quantitative estimate of drug-likeness (QED) is 0.588. The van der Waals surface area contributed by atoms with E-state index in [1.165, 1.54) is 0 Å². The lowest BCUT2D eigenvalue weighted by Gasteiger charge is -2.44. The lowest BCUT2D eigenvalue weighted by molar-refractivity contribution is -0.117. The van der Waals surface area contributed by atoms with Crippen molar-refractivity contribution in [2.75, 3.05) is 31.1 Å². The Morgan fingerprint density at radius 3 is 2.44 bits per heavy atom. The molecule has 0 atom stereocenters.